The molecule has 1 unspecified atom stereocenters. The number of Topliss-reactive ketones (excluding diaryl/α,β-unsaturated/α-hetero) is 1. The Morgan fingerprint density at radius 2 is 1.74 bits per heavy atom. The van der Waals surface area contributed by atoms with Crippen LogP contribution in [-0.4, -0.2) is 29.3 Å². The maximum absolute atomic E-state index is 12.2. The summed E-state index contributed by atoms with van der Waals surface area (Å²) >= 11 is 0. The van der Waals surface area contributed by atoms with E-state index in [-0.39, 0.29) is 11.1 Å². The minimum Gasteiger partial charge on any atom is -0.458 e. The quantitative estimate of drug-likeness (QED) is 0.611. The van der Waals surface area contributed by atoms with E-state index in [1.807, 2.05) is 0 Å². The van der Waals surface area contributed by atoms with Crippen molar-refractivity contribution in [3.8, 4) is 0 Å². The van der Waals surface area contributed by atoms with Crippen LogP contribution in [0, 0.1) is 0 Å². The second kappa shape index (κ2) is 4.50. The first kappa shape index (κ1) is 13.3. The molecule has 1 heterocycles. The van der Waals surface area contributed by atoms with Crippen LogP contribution in [0.2, 0.25) is 0 Å². The molecule has 5 heteroatoms. The van der Waals surface area contributed by atoms with Gasteiger partial charge in [-0.25, -0.2) is 4.79 Å². The van der Waals surface area contributed by atoms with Gasteiger partial charge in [0.05, 0.1) is 5.56 Å². The van der Waals surface area contributed by atoms with Gasteiger partial charge in [0.25, 0.3) is 5.91 Å². The highest BCUT2D eigenvalue weighted by atomic mass is 16.6. The third-order valence-electron chi connectivity index (χ3n) is 2.62. The summed E-state index contributed by atoms with van der Waals surface area (Å²) in [6, 6.07) is 5.14. The van der Waals surface area contributed by atoms with Crippen LogP contribution in [0.3, 0.4) is 0 Å². The van der Waals surface area contributed by atoms with Crippen molar-refractivity contribution in [2.24, 2.45) is 0 Å². The van der Waals surface area contributed by atoms with Crippen LogP contribution in [0.15, 0.2) is 24.3 Å². The van der Waals surface area contributed by atoms with E-state index in [9.17, 15) is 14.4 Å². The fourth-order valence-corrected chi connectivity index (χ4v) is 1.85. The Labute approximate surface area is 110 Å². The van der Waals surface area contributed by atoms with Crippen LogP contribution in [0.4, 0.5) is 0 Å². The normalized spacial score (nSPS) is 18.6. The van der Waals surface area contributed by atoms with Crippen LogP contribution in [-0.2, 0) is 9.53 Å². The summed E-state index contributed by atoms with van der Waals surface area (Å²) in [6.07, 6.45) is 0. The van der Waals surface area contributed by atoms with Crippen molar-refractivity contribution in [2.45, 2.75) is 32.4 Å². The molecule has 19 heavy (non-hydrogen) atoms. The number of hydrogen-bond donors (Lipinski definition) is 1. The first-order valence-electron chi connectivity index (χ1n) is 5.96. The molecule has 1 amide bonds. The van der Waals surface area contributed by atoms with E-state index < -0.39 is 29.3 Å². The second-order valence-corrected chi connectivity index (χ2v) is 5.35. The zero-order chi connectivity index (χ0) is 14.2. The topological polar surface area (TPSA) is 72.5 Å². The highest BCUT2D eigenvalue weighted by Gasteiger charge is 2.38. The standard InChI is InChI=1S/C14H15NO4/c1-14(2,3)19-13(18)10-11(16)8-6-4-5-7-9(8)12(17)15-10/h4-7,10H,1-3H3,(H,15,17). The van der Waals surface area contributed by atoms with E-state index in [4.69, 9.17) is 4.74 Å². The number of hydrogen-bond acceptors (Lipinski definition) is 4. The Morgan fingerprint density at radius 3 is 2.32 bits per heavy atom. The van der Waals surface area contributed by atoms with E-state index in [1.54, 1.807) is 39.0 Å². The molecular formula is C14H15NO4. The van der Waals surface area contributed by atoms with Gasteiger partial charge in [-0.05, 0) is 26.8 Å². The van der Waals surface area contributed by atoms with Gasteiger partial charge in [0.2, 0.25) is 0 Å². The van der Waals surface area contributed by atoms with Gasteiger partial charge in [0, 0.05) is 5.56 Å². The first-order chi connectivity index (χ1) is 8.79. The summed E-state index contributed by atoms with van der Waals surface area (Å²) in [7, 11) is 0. The molecule has 0 saturated carbocycles. The summed E-state index contributed by atoms with van der Waals surface area (Å²) in [6.45, 7) is 5.11. The fraction of sp³-hybridized carbons (Fsp3) is 0.357. The summed E-state index contributed by atoms with van der Waals surface area (Å²) in [5.41, 5.74) is -0.173. The molecule has 0 radical (unpaired) electrons. The van der Waals surface area contributed by atoms with E-state index in [1.165, 1.54) is 6.07 Å². The van der Waals surface area contributed by atoms with Crippen molar-refractivity contribution >= 4 is 17.7 Å². The highest BCUT2D eigenvalue weighted by Crippen LogP contribution is 2.18. The van der Waals surface area contributed by atoms with Gasteiger partial charge in [-0.15, -0.1) is 0 Å². The molecule has 1 N–H and O–H groups in total. The largest absolute Gasteiger partial charge is 0.458 e. The molecule has 0 spiro atoms. The molecule has 100 valence electrons. The van der Waals surface area contributed by atoms with Gasteiger partial charge in [-0.2, -0.15) is 0 Å². The first-order valence-corrected chi connectivity index (χ1v) is 5.96. The van der Waals surface area contributed by atoms with Crippen molar-refractivity contribution in [2.75, 3.05) is 0 Å². The minimum atomic E-state index is -1.26. The lowest BCUT2D eigenvalue weighted by Gasteiger charge is -2.26. The number of benzene rings is 1. The van der Waals surface area contributed by atoms with Crippen LogP contribution in [0.25, 0.3) is 0 Å². The number of carbonyl (C=O) groups excluding carboxylic acids is 3. The second-order valence-electron chi connectivity index (χ2n) is 5.35. The maximum Gasteiger partial charge on any atom is 0.337 e. The number of nitrogens with one attached hydrogen (secondary N) is 1. The summed E-state index contributed by atoms with van der Waals surface area (Å²) in [4.78, 5) is 35.9. The van der Waals surface area contributed by atoms with Gasteiger partial charge >= 0.3 is 5.97 Å². The summed E-state index contributed by atoms with van der Waals surface area (Å²) in [5, 5.41) is 2.38. The van der Waals surface area contributed by atoms with Gasteiger partial charge in [-0.1, -0.05) is 18.2 Å². The molecule has 0 aromatic heterocycles. The van der Waals surface area contributed by atoms with E-state index >= 15 is 0 Å². The zero-order valence-electron chi connectivity index (χ0n) is 11.0. The Kier molecular flexibility index (Phi) is 3.14. The number of esters is 1. The van der Waals surface area contributed by atoms with Crippen molar-refractivity contribution in [3.05, 3.63) is 35.4 Å². The van der Waals surface area contributed by atoms with Gasteiger partial charge < -0.3 is 10.1 Å². The molecule has 0 saturated heterocycles. The van der Waals surface area contributed by atoms with E-state index in [2.05, 4.69) is 5.32 Å². The van der Waals surface area contributed by atoms with Crippen molar-refractivity contribution in [1.29, 1.82) is 0 Å². The van der Waals surface area contributed by atoms with Gasteiger partial charge in [0.15, 0.2) is 11.8 Å². The summed E-state index contributed by atoms with van der Waals surface area (Å²) < 4.78 is 5.14. The molecule has 2 rings (SSSR count). The lowest BCUT2D eigenvalue weighted by molar-refractivity contribution is -0.155. The average molecular weight is 261 g/mol. The molecule has 1 aromatic carbocycles. The lowest BCUT2D eigenvalue weighted by Crippen LogP contribution is -2.52. The number of ether oxygens (including phenoxy) is 1. The van der Waals surface area contributed by atoms with Crippen molar-refractivity contribution in [3.63, 3.8) is 0 Å². The lowest BCUT2D eigenvalue weighted by atomic mass is 9.94. The molecule has 1 atom stereocenters. The molecular weight excluding hydrogens is 246 g/mol. The molecule has 1 aliphatic heterocycles. The van der Waals surface area contributed by atoms with E-state index in [0.717, 1.165) is 0 Å². The van der Waals surface area contributed by atoms with Gasteiger partial charge in [-0.3, -0.25) is 9.59 Å². The number of amides is 1. The predicted octanol–water partition coefficient (Wildman–Crippen LogP) is 1.32. The third-order valence-corrected chi connectivity index (χ3v) is 2.62. The van der Waals surface area contributed by atoms with Crippen molar-refractivity contribution < 1.29 is 19.1 Å². The smallest absolute Gasteiger partial charge is 0.337 e. The zero-order valence-corrected chi connectivity index (χ0v) is 11.0. The van der Waals surface area contributed by atoms with E-state index in [0.29, 0.717) is 0 Å². The Bertz CT molecular complexity index is 557. The fourth-order valence-electron chi connectivity index (χ4n) is 1.85. The number of carbonyl (C=O) groups is 3. The number of ketones is 1. The van der Waals surface area contributed by atoms with Crippen LogP contribution in [0.5, 0.6) is 0 Å². The van der Waals surface area contributed by atoms with Gasteiger partial charge in [0.1, 0.15) is 5.60 Å². The third kappa shape index (κ3) is 2.65. The molecule has 1 aliphatic rings. The minimum absolute atomic E-state index is 0.252. The molecule has 0 fully saturated rings. The monoisotopic (exact) mass is 261 g/mol. The number of fused-ring (bicyclic) bond motifs is 1. The molecule has 0 bridgehead atoms. The highest BCUT2D eigenvalue weighted by molar-refractivity contribution is 6.22. The molecule has 0 aliphatic carbocycles. The maximum atomic E-state index is 12.2. The summed E-state index contributed by atoms with van der Waals surface area (Å²) in [5.74, 6) is -1.61. The Balaban J connectivity index is 2.30. The molecule has 5 nitrogen and oxygen atoms in total. The van der Waals surface area contributed by atoms with Crippen molar-refractivity contribution in [1.82, 2.24) is 5.32 Å². The van der Waals surface area contributed by atoms with Crippen LogP contribution in [0.1, 0.15) is 41.5 Å². The predicted molar refractivity (Wildman–Crippen MR) is 67.9 cm³/mol. The average Bonchev–Trinajstić information content (AvgIpc) is 2.31. The van der Waals surface area contributed by atoms with Crippen LogP contribution < -0.4 is 5.32 Å². The molecule has 1 aromatic rings. The van der Waals surface area contributed by atoms with Crippen LogP contribution >= 0.6 is 0 Å². The Morgan fingerprint density at radius 1 is 1.16 bits per heavy atom. The Hall–Kier alpha value is -2.17. The SMILES string of the molecule is CC(C)(C)OC(=O)C1NC(=O)c2ccccc2C1=O. The number of rotatable bonds is 1.